The summed E-state index contributed by atoms with van der Waals surface area (Å²) < 4.78 is 39.1. The molecule has 1 heterocycles. The number of hydrogen-bond donors (Lipinski definition) is 0. The topological polar surface area (TPSA) is 37.4 Å². The van der Waals surface area contributed by atoms with Crippen LogP contribution in [0.3, 0.4) is 0 Å². The van der Waals surface area contributed by atoms with Crippen molar-refractivity contribution in [1.82, 2.24) is 4.31 Å². The third-order valence-corrected chi connectivity index (χ3v) is 6.03. The molecule has 0 fully saturated rings. The highest BCUT2D eigenvalue weighted by atomic mass is 32.2. The van der Waals surface area contributed by atoms with Gasteiger partial charge in [0.1, 0.15) is 5.82 Å². The molecule has 0 saturated carbocycles. The SMILES string of the molecule is Cc1cc(S(=O)(=O)N(C)Cc2ccc(F)cc2)c(C)s1. The van der Waals surface area contributed by atoms with Crippen molar-refractivity contribution in [2.45, 2.75) is 25.3 Å². The van der Waals surface area contributed by atoms with Gasteiger partial charge in [-0.1, -0.05) is 12.1 Å². The average molecular weight is 313 g/mol. The number of halogens is 1. The molecule has 0 bridgehead atoms. The van der Waals surface area contributed by atoms with Crippen LogP contribution in [0.1, 0.15) is 15.3 Å². The summed E-state index contributed by atoms with van der Waals surface area (Å²) in [6.07, 6.45) is 0. The zero-order valence-electron chi connectivity index (χ0n) is 11.6. The Morgan fingerprint density at radius 1 is 1.20 bits per heavy atom. The van der Waals surface area contributed by atoms with E-state index in [-0.39, 0.29) is 12.4 Å². The molecule has 1 aromatic heterocycles. The molecule has 0 radical (unpaired) electrons. The summed E-state index contributed by atoms with van der Waals surface area (Å²) in [6, 6.07) is 7.53. The second kappa shape index (κ2) is 5.63. The van der Waals surface area contributed by atoms with Gasteiger partial charge in [-0.2, -0.15) is 4.31 Å². The first-order valence-electron chi connectivity index (χ1n) is 6.08. The molecule has 1 aromatic carbocycles. The van der Waals surface area contributed by atoms with Crippen LogP contribution < -0.4 is 0 Å². The molecule has 0 amide bonds. The molecule has 2 rings (SSSR count). The fourth-order valence-corrected chi connectivity index (χ4v) is 4.64. The standard InChI is InChI=1S/C14H16FNO2S2/c1-10-8-14(11(2)19-10)20(17,18)16(3)9-12-4-6-13(15)7-5-12/h4-8H,9H2,1-3H3. The van der Waals surface area contributed by atoms with E-state index in [0.717, 1.165) is 15.3 Å². The van der Waals surface area contributed by atoms with Gasteiger partial charge in [0, 0.05) is 23.3 Å². The number of benzene rings is 1. The van der Waals surface area contributed by atoms with E-state index in [2.05, 4.69) is 0 Å². The van der Waals surface area contributed by atoms with Gasteiger partial charge in [0.05, 0.1) is 4.90 Å². The van der Waals surface area contributed by atoms with Gasteiger partial charge >= 0.3 is 0 Å². The molecule has 0 saturated heterocycles. The van der Waals surface area contributed by atoms with Gasteiger partial charge in [0.2, 0.25) is 10.0 Å². The summed E-state index contributed by atoms with van der Waals surface area (Å²) in [4.78, 5) is 2.11. The zero-order chi connectivity index (χ0) is 14.9. The van der Waals surface area contributed by atoms with Gasteiger partial charge in [0.25, 0.3) is 0 Å². The van der Waals surface area contributed by atoms with Gasteiger partial charge in [-0.05, 0) is 37.6 Å². The van der Waals surface area contributed by atoms with E-state index in [0.29, 0.717) is 4.90 Å². The van der Waals surface area contributed by atoms with Gasteiger partial charge in [-0.3, -0.25) is 0 Å². The Bertz CT molecular complexity index is 705. The molecule has 3 nitrogen and oxygen atoms in total. The first-order chi connectivity index (χ1) is 9.30. The molecule has 6 heteroatoms. The summed E-state index contributed by atoms with van der Waals surface area (Å²) in [5.74, 6) is -0.330. The van der Waals surface area contributed by atoms with Crippen molar-refractivity contribution >= 4 is 21.4 Å². The molecule has 0 spiro atoms. The number of nitrogens with zero attached hydrogens (tertiary/aromatic N) is 1. The molecule has 0 aliphatic rings. The molecule has 0 N–H and O–H groups in total. The van der Waals surface area contributed by atoms with Crippen LogP contribution in [0.5, 0.6) is 0 Å². The lowest BCUT2D eigenvalue weighted by Crippen LogP contribution is -2.26. The monoisotopic (exact) mass is 313 g/mol. The van der Waals surface area contributed by atoms with Gasteiger partial charge < -0.3 is 0 Å². The minimum absolute atomic E-state index is 0.219. The minimum Gasteiger partial charge on any atom is -0.207 e. The van der Waals surface area contributed by atoms with Crippen molar-refractivity contribution in [2.75, 3.05) is 7.05 Å². The van der Waals surface area contributed by atoms with Crippen molar-refractivity contribution < 1.29 is 12.8 Å². The lowest BCUT2D eigenvalue weighted by atomic mass is 10.2. The number of sulfonamides is 1. The van der Waals surface area contributed by atoms with Crippen LogP contribution in [-0.4, -0.2) is 19.8 Å². The van der Waals surface area contributed by atoms with E-state index >= 15 is 0 Å². The van der Waals surface area contributed by atoms with Gasteiger partial charge in [-0.15, -0.1) is 11.3 Å². The van der Waals surface area contributed by atoms with E-state index in [1.165, 1.54) is 34.8 Å². The second-order valence-electron chi connectivity index (χ2n) is 4.67. The number of hydrogen-bond acceptors (Lipinski definition) is 3. The Morgan fingerprint density at radius 3 is 2.30 bits per heavy atom. The van der Waals surface area contributed by atoms with Crippen LogP contribution in [0.15, 0.2) is 35.2 Å². The van der Waals surface area contributed by atoms with Crippen LogP contribution in [0.2, 0.25) is 0 Å². The maximum absolute atomic E-state index is 12.8. The highest BCUT2D eigenvalue weighted by molar-refractivity contribution is 7.89. The largest absolute Gasteiger partial charge is 0.244 e. The molecular formula is C14H16FNO2S2. The zero-order valence-corrected chi connectivity index (χ0v) is 13.2. The molecule has 0 unspecified atom stereocenters. The predicted molar refractivity (Wildman–Crippen MR) is 78.8 cm³/mol. The Labute approximate surface area is 122 Å². The van der Waals surface area contributed by atoms with E-state index in [4.69, 9.17) is 0 Å². The maximum atomic E-state index is 12.8. The number of aryl methyl sites for hydroxylation is 2. The lowest BCUT2D eigenvalue weighted by Gasteiger charge is -2.17. The number of thiophene rings is 1. The van der Waals surface area contributed by atoms with E-state index < -0.39 is 10.0 Å². The van der Waals surface area contributed by atoms with Crippen LogP contribution in [0, 0.1) is 19.7 Å². The van der Waals surface area contributed by atoms with Crippen LogP contribution in [-0.2, 0) is 16.6 Å². The van der Waals surface area contributed by atoms with Crippen molar-refractivity contribution in [1.29, 1.82) is 0 Å². The first kappa shape index (κ1) is 15.2. The Hall–Kier alpha value is -1.24. The van der Waals surface area contributed by atoms with Crippen molar-refractivity contribution in [3.63, 3.8) is 0 Å². The summed E-state index contributed by atoms with van der Waals surface area (Å²) in [5, 5.41) is 0. The third-order valence-electron chi connectivity index (χ3n) is 3.00. The van der Waals surface area contributed by atoms with E-state index in [1.54, 1.807) is 25.1 Å². The smallest absolute Gasteiger partial charge is 0.207 e. The number of rotatable bonds is 4. The van der Waals surface area contributed by atoms with Gasteiger partial charge in [-0.25, -0.2) is 12.8 Å². The average Bonchev–Trinajstić information content (AvgIpc) is 2.72. The Kier molecular flexibility index (Phi) is 4.27. The quantitative estimate of drug-likeness (QED) is 0.868. The normalized spacial score (nSPS) is 12.1. The molecular weight excluding hydrogens is 297 g/mol. The van der Waals surface area contributed by atoms with Crippen molar-refractivity contribution in [3.05, 3.63) is 51.5 Å². The highest BCUT2D eigenvalue weighted by Crippen LogP contribution is 2.27. The molecule has 108 valence electrons. The molecule has 2 aromatic rings. The Balaban J connectivity index is 2.25. The third kappa shape index (κ3) is 3.08. The second-order valence-corrected chi connectivity index (χ2v) is 8.14. The highest BCUT2D eigenvalue weighted by Gasteiger charge is 2.24. The van der Waals surface area contributed by atoms with E-state index in [9.17, 15) is 12.8 Å². The lowest BCUT2D eigenvalue weighted by molar-refractivity contribution is 0.466. The van der Waals surface area contributed by atoms with E-state index in [1.807, 2.05) is 6.92 Å². The predicted octanol–water partition coefficient (Wildman–Crippen LogP) is 3.32. The summed E-state index contributed by atoms with van der Waals surface area (Å²) >= 11 is 1.47. The fourth-order valence-electron chi connectivity index (χ4n) is 1.96. The van der Waals surface area contributed by atoms with Crippen LogP contribution >= 0.6 is 11.3 Å². The fraction of sp³-hybridized carbons (Fsp3) is 0.286. The van der Waals surface area contributed by atoms with Crippen molar-refractivity contribution in [3.8, 4) is 0 Å². The minimum atomic E-state index is -3.51. The maximum Gasteiger partial charge on any atom is 0.244 e. The molecule has 0 aliphatic carbocycles. The summed E-state index contributed by atoms with van der Waals surface area (Å²) in [7, 11) is -1.97. The first-order valence-corrected chi connectivity index (χ1v) is 8.34. The van der Waals surface area contributed by atoms with Crippen molar-refractivity contribution in [2.24, 2.45) is 0 Å². The van der Waals surface area contributed by atoms with Crippen LogP contribution in [0.25, 0.3) is 0 Å². The van der Waals surface area contributed by atoms with Gasteiger partial charge in [0.15, 0.2) is 0 Å². The Morgan fingerprint density at radius 2 is 1.80 bits per heavy atom. The molecule has 0 atom stereocenters. The summed E-state index contributed by atoms with van der Waals surface area (Å²) in [6.45, 7) is 3.91. The molecule has 0 aliphatic heterocycles. The summed E-state index contributed by atoms with van der Waals surface area (Å²) in [5.41, 5.74) is 0.752. The van der Waals surface area contributed by atoms with Crippen LogP contribution in [0.4, 0.5) is 4.39 Å². The molecule has 20 heavy (non-hydrogen) atoms.